The molecule has 0 atom stereocenters. The summed E-state index contributed by atoms with van der Waals surface area (Å²) in [5.74, 6) is 2.26. The van der Waals surface area contributed by atoms with Crippen LogP contribution in [0.25, 0.3) is 0 Å². The van der Waals surface area contributed by atoms with Crippen molar-refractivity contribution in [2.24, 2.45) is 0 Å². The summed E-state index contributed by atoms with van der Waals surface area (Å²) in [5, 5.41) is 0. The standard InChI is InChI=1S/C23H24N2O4/c1-17-7-6-8-19(13-17)29-16-23(26)25(22-9-4-5-12-24-22)15-18-10-11-20(27-2)21(14-18)28-3/h4-14H,15-16H2,1-3H3. The largest absolute Gasteiger partial charge is 0.493 e. The van der Waals surface area contributed by atoms with Crippen molar-refractivity contribution in [3.05, 3.63) is 78.0 Å². The molecule has 0 fully saturated rings. The highest BCUT2D eigenvalue weighted by Gasteiger charge is 2.19. The molecule has 0 spiro atoms. The van der Waals surface area contributed by atoms with Crippen molar-refractivity contribution in [3.8, 4) is 17.2 Å². The van der Waals surface area contributed by atoms with Crippen molar-refractivity contribution < 1.29 is 19.0 Å². The number of pyridine rings is 1. The monoisotopic (exact) mass is 392 g/mol. The number of aromatic nitrogens is 1. The Morgan fingerprint density at radius 1 is 0.966 bits per heavy atom. The Labute approximate surface area is 170 Å². The second-order valence-electron chi connectivity index (χ2n) is 6.46. The van der Waals surface area contributed by atoms with Crippen molar-refractivity contribution in [2.75, 3.05) is 25.7 Å². The molecule has 150 valence electrons. The Morgan fingerprint density at radius 2 is 1.79 bits per heavy atom. The molecule has 0 saturated heterocycles. The maximum atomic E-state index is 13.0. The van der Waals surface area contributed by atoms with Gasteiger partial charge in [0, 0.05) is 6.20 Å². The number of rotatable bonds is 8. The molecule has 3 aromatic rings. The minimum atomic E-state index is -0.194. The van der Waals surface area contributed by atoms with Gasteiger partial charge in [0.2, 0.25) is 0 Å². The van der Waals surface area contributed by atoms with Gasteiger partial charge in [0.1, 0.15) is 11.6 Å². The number of benzene rings is 2. The molecule has 0 bridgehead atoms. The summed E-state index contributed by atoms with van der Waals surface area (Å²) in [4.78, 5) is 18.9. The number of carbonyl (C=O) groups excluding carboxylic acids is 1. The first kappa shape index (κ1) is 20.2. The number of aryl methyl sites for hydroxylation is 1. The first-order valence-corrected chi connectivity index (χ1v) is 9.22. The fraction of sp³-hybridized carbons (Fsp3) is 0.217. The van der Waals surface area contributed by atoms with Gasteiger partial charge in [-0.05, 0) is 54.4 Å². The molecule has 0 aliphatic heterocycles. The number of ether oxygens (including phenoxy) is 3. The van der Waals surface area contributed by atoms with Crippen LogP contribution in [0.1, 0.15) is 11.1 Å². The highest BCUT2D eigenvalue weighted by molar-refractivity contribution is 5.93. The Bertz CT molecular complexity index is 960. The van der Waals surface area contributed by atoms with Crippen LogP contribution in [-0.2, 0) is 11.3 Å². The predicted molar refractivity (Wildman–Crippen MR) is 112 cm³/mol. The zero-order valence-electron chi connectivity index (χ0n) is 16.8. The summed E-state index contributed by atoms with van der Waals surface area (Å²) in [7, 11) is 3.17. The molecule has 0 unspecified atom stereocenters. The second kappa shape index (κ2) is 9.59. The Balaban J connectivity index is 1.80. The van der Waals surface area contributed by atoms with Crippen LogP contribution in [0.2, 0.25) is 0 Å². The van der Waals surface area contributed by atoms with Crippen molar-refractivity contribution in [1.82, 2.24) is 4.98 Å². The van der Waals surface area contributed by atoms with Crippen molar-refractivity contribution in [3.63, 3.8) is 0 Å². The zero-order valence-corrected chi connectivity index (χ0v) is 16.8. The third-order valence-corrected chi connectivity index (χ3v) is 4.37. The average molecular weight is 392 g/mol. The van der Waals surface area contributed by atoms with E-state index in [1.165, 1.54) is 0 Å². The predicted octanol–water partition coefficient (Wildman–Crippen LogP) is 4.02. The fourth-order valence-corrected chi connectivity index (χ4v) is 2.90. The molecule has 0 aliphatic carbocycles. The molecule has 3 rings (SSSR count). The van der Waals surface area contributed by atoms with E-state index in [9.17, 15) is 4.79 Å². The maximum Gasteiger partial charge on any atom is 0.266 e. The van der Waals surface area contributed by atoms with Gasteiger partial charge in [0.05, 0.1) is 20.8 Å². The van der Waals surface area contributed by atoms with E-state index in [2.05, 4.69) is 4.98 Å². The van der Waals surface area contributed by atoms with E-state index in [1.54, 1.807) is 31.4 Å². The lowest BCUT2D eigenvalue weighted by Gasteiger charge is -2.22. The molecule has 1 amide bonds. The van der Waals surface area contributed by atoms with Crippen LogP contribution >= 0.6 is 0 Å². The molecular formula is C23H24N2O4. The van der Waals surface area contributed by atoms with Gasteiger partial charge in [-0.1, -0.05) is 24.3 Å². The summed E-state index contributed by atoms with van der Waals surface area (Å²) >= 11 is 0. The number of hydrogen-bond donors (Lipinski definition) is 0. The number of hydrogen-bond acceptors (Lipinski definition) is 5. The SMILES string of the molecule is COc1ccc(CN(C(=O)COc2cccc(C)c2)c2ccccn2)cc1OC. The molecular weight excluding hydrogens is 368 g/mol. The molecule has 2 aromatic carbocycles. The fourth-order valence-electron chi connectivity index (χ4n) is 2.90. The van der Waals surface area contributed by atoms with Crippen LogP contribution in [0, 0.1) is 6.92 Å². The van der Waals surface area contributed by atoms with E-state index in [4.69, 9.17) is 14.2 Å². The van der Waals surface area contributed by atoms with Crippen LogP contribution in [-0.4, -0.2) is 31.7 Å². The first-order valence-electron chi connectivity index (χ1n) is 9.22. The minimum absolute atomic E-state index is 0.0900. The van der Waals surface area contributed by atoms with Gasteiger partial charge in [-0.2, -0.15) is 0 Å². The van der Waals surface area contributed by atoms with Crippen LogP contribution < -0.4 is 19.1 Å². The summed E-state index contributed by atoms with van der Waals surface area (Å²) in [5.41, 5.74) is 1.96. The summed E-state index contributed by atoms with van der Waals surface area (Å²) in [6, 6.07) is 18.6. The van der Waals surface area contributed by atoms with Crippen molar-refractivity contribution >= 4 is 11.7 Å². The molecule has 6 nitrogen and oxygen atoms in total. The van der Waals surface area contributed by atoms with Crippen LogP contribution in [0.4, 0.5) is 5.82 Å². The smallest absolute Gasteiger partial charge is 0.266 e. The van der Waals surface area contributed by atoms with Crippen LogP contribution in [0.3, 0.4) is 0 Å². The first-order chi connectivity index (χ1) is 14.1. The number of methoxy groups -OCH3 is 2. The minimum Gasteiger partial charge on any atom is -0.493 e. The summed E-state index contributed by atoms with van der Waals surface area (Å²) in [6.45, 7) is 2.21. The second-order valence-corrected chi connectivity index (χ2v) is 6.46. The average Bonchev–Trinajstić information content (AvgIpc) is 2.76. The number of nitrogens with zero attached hydrogens (tertiary/aromatic N) is 2. The van der Waals surface area contributed by atoms with Gasteiger partial charge in [-0.3, -0.25) is 9.69 Å². The van der Waals surface area contributed by atoms with Crippen LogP contribution in [0.15, 0.2) is 66.9 Å². The zero-order chi connectivity index (χ0) is 20.6. The molecule has 0 aliphatic rings. The van der Waals surface area contributed by atoms with Gasteiger partial charge >= 0.3 is 0 Å². The normalized spacial score (nSPS) is 10.3. The van der Waals surface area contributed by atoms with Crippen LogP contribution in [0.5, 0.6) is 17.2 Å². The highest BCUT2D eigenvalue weighted by Crippen LogP contribution is 2.28. The van der Waals surface area contributed by atoms with Crippen molar-refractivity contribution in [2.45, 2.75) is 13.5 Å². The molecule has 0 radical (unpaired) electrons. The lowest BCUT2D eigenvalue weighted by Crippen LogP contribution is -2.35. The number of carbonyl (C=O) groups is 1. The molecule has 0 saturated carbocycles. The lowest BCUT2D eigenvalue weighted by atomic mass is 10.2. The van der Waals surface area contributed by atoms with E-state index in [-0.39, 0.29) is 12.5 Å². The maximum absolute atomic E-state index is 13.0. The van der Waals surface area contributed by atoms with Gasteiger partial charge in [0.25, 0.3) is 5.91 Å². The third-order valence-electron chi connectivity index (χ3n) is 4.37. The third kappa shape index (κ3) is 5.25. The Morgan fingerprint density at radius 3 is 2.48 bits per heavy atom. The van der Waals surface area contributed by atoms with E-state index >= 15 is 0 Å². The molecule has 6 heteroatoms. The number of anilines is 1. The lowest BCUT2D eigenvalue weighted by molar-refractivity contribution is -0.120. The van der Waals surface area contributed by atoms with Gasteiger partial charge in [-0.15, -0.1) is 0 Å². The van der Waals surface area contributed by atoms with E-state index in [0.29, 0.717) is 29.6 Å². The van der Waals surface area contributed by atoms with Crippen molar-refractivity contribution in [1.29, 1.82) is 0 Å². The summed E-state index contributed by atoms with van der Waals surface area (Å²) < 4.78 is 16.4. The highest BCUT2D eigenvalue weighted by atomic mass is 16.5. The van der Waals surface area contributed by atoms with Gasteiger partial charge < -0.3 is 14.2 Å². The summed E-state index contributed by atoms with van der Waals surface area (Å²) in [6.07, 6.45) is 1.66. The quantitative estimate of drug-likeness (QED) is 0.579. The topological polar surface area (TPSA) is 60.9 Å². The van der Waals surface area contributed by atoms with E-state index in [0.717, 1.165) is 11.1 Å². The molecule has 29 heavy (non-hydrogen) atoms. The van der Waals surface area contributed by atoms with Gasteiger partial charge in [-0.25, -0.2) is 4.98 Å². The molecule has 0 N–H and O–H groups in total. The molecule has 1 heterocycles. The van der Waals surface area contributed by atoms with E-state index in [1.807, 2.05) is 61.5 Å². The number of amides is 1. The van der Waals surface area contributed by atoms with E-state index < -0.39 is 0 Å². The van der Waals surface area contributed by atoms with Gasteiger partial charge in [0.15, 0.2) is 18.1 Å². The Kier molecular flexibility index (Phi) is 6.68. The Hall–Kier alpha value is -3.54. The molecule has 1 aromatic heterocycles.